The minimum absolute atomic E-state index is 0.00367. The lowest BCUT2D eigenvalue weighted by molar-refractivity contribution is -0.137. The first kappa shape index (κ1) is 22.0. The molecule has 0 radical (unpaired) electrons. The van der Waals surface area contributed by atoms with Crippen LogP contribution in [0.4, 0.5) is 27.8 Å². The van der Waals surface area contributed by atoms with Crippen LogP contribution in [0.2, 0.25) is 0 Å². The molecular weight excluding hydrogens is 461 g/mol. The molecule has 0 N–H and O–H groups in total. The van der Waals surface area contributed by atoms with E-state index in [4.69, 9.17) is 0 Å². The third kappa shape index (κ3) is 3.66. The number of benzene rings is 1. The summed E-state index contributed by atoms with van der Waals surface area (Å²) in [6.07, 6.45) is -4.12. The Hall–Kier alpha value is -3.22. The first-order valence-electron chi connectivity index (χ1n) is 9.14. The van der Waals surface area contributed by atoms with Gasteiger partial charge in [-0.25, -0.2) is 13.4 Å². The third-order valence-electron chi connectivity index (χ3n) is 4.93. The van der Waals surface area contributed by atoms with Crippen LogP contribution in [0.1, 0.15) is 28.4 Å². The third-order valence-corrected chi connectivity index (χ3v) is 6.65. The summed E-state index contributed by atoms with van der Waals surface area (Å²) in [5, 5.41) is -0.564. The van der Waals surface area contributed by atoms with E-state index >= 15 is 0 Å². The number of hydrogen-bond donors (Lipinski definition) is 0. The van der Waals surface area contributed by atoms with Gasteiger partial charge in [-0.3, -0.25) is 14.1 Å². The number of imidazole rings is 1. The summed E-state index contributed by atoms with van der Waals surface area (Å²) in [6, 6.07) is 5.45. The second-order valence-electron chi connectivity index (χ2n) is 6.88. The summed E-state index contributed by atoms with van der Waals surface area (Å²) >= 11 is 0. The van der Waals surface area contributed by atoms with Crippen molar-refractivity contribution in [3.63, 3.8) is 0 Å². The second kappa shape index (κ2) is 7.43. The Morgan fingerprint density at radius 2 is 1.91 bits per heavy atom. The van der Waals surface area contributed by atoms with E-state index in [1.807, 2.05) is 0 Å². The Balaban J connectivity index is 1.87. The minimum Gasteiger partial charge on any atom is -0.435 e. The average molecular weight is 475 g/mol. The van der Waals surface area contributed by atoms with Crippen molar-refractivity contribution >= 4 is 27.2 Å². The number of carbonyl (C=O) groups excluding carboxylic acids is 1. The molecule has 0 spiro atoms. The molecule has 1 amide bonds. The van der Waals surface area contributed by atoms with E-state index in [1.54, 1.807) is 0 Å². The Kier molecular flexibility index (Phi) is 5.11. The van der Waals surface area contributed by atoms with Crippen molar-refractivity contribution in [1.29, 1.82) is 0 Å². The van der Waals surface area contributed by atoms with Crippen molar-refractivity contribution in [3.05, 3.63) is 53.2 Å². The standard InChI is InChI=1S/C19H14F5N3O4S/c1-2-32(29,30)17-15(25-14-6-4-11(9-26(14)17)19(22,23)24)27-8-10-3-5-12(31-18(20)21)7-13(10)16(27)28/h3-7,9,18H,2,8H2,1H3. The Morgan fingerprint density at radius 1 is 1.19 bits per heavy atom. The first-order chi connectivity index (χ1) is 14.9. The zero-order chi connectivity index (χ0) is 23.4. The largest absolute Gasteiger partial charge is 0.435 e. The lowest BCUT2D eigenvalue weighted by Crippen LogP contribution is -2.26. The number of hydrogen-bond acceptors (Lipinski definition) is 5. The van der Waals surface area contributed by atoms with E-state index in [0.717, 1.165) is 27.5 Å². The molecule has 1 aliphatic heterocycles. The van der Waals surface area contributed by atoms with E-state index in [9.17, 15) is 35.2 Å². The van der Waals surface area contributed by atoms with Crippen LogP contribution in [0.15, 0.2) is 41.6 Å². The molecule has 3 heterocycles. The summed E-state index contributed by atoms with van der Waals surface area (Å²) < 4.78 is 95.2. The molecule has 0 atom stereocenters. The van der Waals surface area contributed by atoms with Crippen LogP contribution < -0.4 is 9.64 Å². The smallest absolute Gasteiger partial charge is 0.417 e. The first-order valence-corrected chi connectivity index (χ1v) is 10.8. The number of fused-ring (bicyclic) bond motifs is 2. The van der Waals surface area contributed by atoms with Crippen LogP contribution in [0.3, 0.4) is 0 Å². The predicted octanol–water partition coefficient (Wildman–Crippen LogP) is 3.91. The van der Waals surface area contributed by atoms with Gasteiger partial charge in [0.1, 0.15) is 11.4 Å². The van der Waals surface area contributed by atoms with Gasteiger partial charge in [-0.1, -0.05) is 13.0 Å². The molecule has 2 aromatic heterocycles. The summed E-state index contributed by atoms with van der Waals surface area (Å²) in [4.78, 5) is 18.1. The van der Waals surface area contributed by atoms with Crippen LogP contribution in [0.5, 0.6) is 5.75 Å². The number of pyridine rings is 1. The molecule has 4 rings (SSSR count). The highest BCUT2D eigenvalue weighted by Crippen LogP contribution is 2.37. The lowest BCUT2D eigenvalue weighted by atomic mass is 10.1. The topological polar surface area (TPSA) is 81.0 Å². The number of ether oxygens (including phenoxy) is 1. The number of halogens is 5. The van der Waals surface area contributed by atoms with Gasteiger partial charge in [0.2, 0.25) is 0 Å². The number of nitrogens with zero attached hydrogens (tertiary/aromatic N) is 3. The fraction of sp³-hybridized carbons (Fsp3) is 0.263. The summed E-state index contributed by atoms with van der Waals surface area (Å²) in [5.74, 6) is -1.80. The van der Waals surface area contributed by atoms with Gasteiger partial charge in [-0.05, 0) is 29.8 Å². The number of amides is 1. The monoisotopic (exact) mass is 475 g/mol. The second-order valence-corrected chi connectivity index (χ2v) is 9.07. The maximum atomic E-state index is 13.2. The summed E-state index contributed by atoms with van der Waals surface area (Å²) in [5.41, 5.74) is -0.808. The number of aromatic nitrogens is 2. The average Bonchev–Trinajstić information content (AvgIpc) is 3.24. The van der Waals surface area contributed by atoms with Crippen LogP contribution in [0, 0.1) is 0 Å². The van der Waals surface area contributed by atoms with Crippen molar-refractivity contribution in [2.75, 3.05) is 10.7 Å². The summed E-state index contributed by atoms with van der Waals surface area (Å²) in [7, 11) is -4.13. The fourth-order valence-electron chi connectivity index (χ4n) is 3.41. The number of anilines is 1. The van der Waals surface area contributed by atoms with Gasteiger partial charge in [0.15, 0.2) is 20.7 Å². The number of sulfone groups is 1. The Morgan fingerprint density at radius 3 is 2.53 bits per heavy atom. The molecule has 7 nitrogen and oxygen atoms in total. The Labute approximate surface area is 177 Å². The summed E-state index contributed by atoms with van der Waals surface area (Å²) in [6.45, 7) is -1.95. The van der Waals surface area contributed by atoms with Gasteiger partial charge in [-0.15, -0.1) is 0 Å². The minimum atomic E-state index is -4.73. The van der Waals surface area contributed by atoms with Gasteiger partial charge in [0.05, 0.1) is 17.9 Å². The number of rotatable bonds is 5. The predicted molar refractivity (Wildman–Crippen MR) is 102 cm³/mol. The molecule has 0 saturated heterocycles. The van der Waals surface area contributed by atoms with Crippen LogP contribution in [0.25, 0.3) is 5.65 Å². The van der Waals surface area contributed by atoms with Crippen molar-refractivity contribution in [2.45, 2.75) is 31.3 Å². The van der Waals surface area contributed by atoms with Gasteiger partial charge in [0.25, 0.3) is 5.91 Å². The van der Waals surface area contributed by atoms with Crippen LogP contribution in [-0.4, -0.2) is 36.1 Å². The number of carbonyl (C=O) groups is 1. The van der Waals surface area contributed by atoms with Crippen LogP contribution >= 0.6 is 0 Å². The molecule has 13 heteroatoms. The molecule has 3 aromatic rings. The van der Waals surface area contributed by atoms with E-state index in [0.29, 0.717) is 11.8 Å². The zero-order valence-corrected chi connectivity index (χ0v) is 17.0. The molecular formula is C19H14F5N3O4S. The fourth-order valence-corrected chi connectivity index (χ4v) is 4.56. The molecule has 0 unspecified atom stereocenters. The SMILES string of the molecule is CCS(=O)(=O)c1c(N2Cc3ccc(OC(F)F)cc3C2=O)nc2ccc(C(F)(F)F)cn12. The van der Waals surface area contributed by atoms with Crippen molar-refractivity contribution in [3.8, 4) is 5.75 Å². The van der Waals surface area contributed by atoms with Crippen molar-refractivity contribution < 1.29 is 39.9 Å². The number of alkyl halides is 5. The molecule has 0 aliphatic carbocycles. The molecule has 32 heavy (non-hydrogen) atoms. The lowest BCUT2D eigenvalue weighted by Gasteiger charge is -2.15. The maximum absolute atomic E-state index is 13.2. The normalized spacial score (nSPS) is 14.5. The van der Waals surface area contributed by atoms with Gasteiger partial charge in [0, 0.05) is 11.8 Å². The van der Waals surface area contributed by atoms with E-state index in [1.165, 1.54) is 19.1 Å². The maximum Gasteiger partial charge on any atom is 0.417 e. The highest BCUT2D eigenvalue weighted by Gasteiger charge is 2.37. The van der Waals surface area contributed by atoms with Crippen molar-refractivity contribution in [2.24, 2.45) is 0 Å². The molecule has 170 valence electrons. The van der Waals surface area contributed by atoms with E-state index < -0.39 is 44.9 Å². The van der Waals surface area contributed by atoms with Gasteiger partial charge < -0.3 is 4.74 Å². The highest BCUT2D eigenvalue weighted by atomic mass is 32.2. The van der Waals surface area contributed by atoms with Crippen molar-refractivity contribution in [1.82, 2.24) is 9.38 Å². The highest BCUT2D eigenvalue weighted by molar-refractivity contribution is 7.91. The van der Waals surface area contributed by atoms with Crippen LogP contribution in [-0.2, 0) is 22.6 Å². The van der Waals surface area contributed by atoms with Gasteiger partial charge in [-0.2, -0.15) is 22.0 Å². The molecule has 0 saturated carbocycles. The molecule has 0 bridgehead atoms. The molecule has 1 aromatic carbocycles. The molecule has 1 aliphatic rings. The van der Waals surface area contributed by atoms with E-state index in [2.05, 4.69) is 9.72 Å². The van der Waals surface area contributed by atoms with Gasteiger partial charge >= 0.3 is 12.8 Å². The quantitative estimate of drug-likeness (QED) is 0.523. The molecule has 0 fully saturated rings. The zero-order valence-electron chi connectivity index (χ0n) is 16.2. The Bertz CT molecular complexity index is 1330. The van der Waals surface area contributed by atoms with E-state index in [-0.39, 0.29) is 29.3 Å².